The summed E-state index contributed by atoms with van der Waals surface area (Å²) in [6, 6.07) is 6.38. The molecular weight excluding hydrogens is 445 g/mol. The molecule has 13 nitrogen and oxygen atoms in total. The van der Waals surface area contributed by atoms with Gasteiger partial charge in [0.05, 0.1) is 11.1 Å². The zero-order chi connectivity index (χ0) is 21.1. The van der Waals surface area contributed by atoms with Crippen LogP contribution in [0.2, 0.25) is 0 Å². The number of carboxylic acid groups (broad SMARTS) is 2. The molecule has 4 rings (SSSR count). The summed E-state index contributed by atoms with van der Waals surface area (Å²) in [4.78, 5) is 46.5. The van der Waals surface area contributed by atoms with Gasteiger partial charge in [0.2, 0.25) is 0 Å². The molecule has 32 heavy (non-hydrogen) atoms. The number of carbonyl (C=O) groups is 4. The molecule has 0 bridgehead atoms. The minimum absolute atomic E-state index is 0. The first-order chi connectivity index (χ1) is 13.5. The maximum Gasteiger partial charge on any atom is 1.00 e. The van der Waals surface area contributed by atoms with Gasteiger partial charge in [0, 0.05) is 11.1 Å². The molecule has 0 fully saturated rings. The SMILES string of the molecule is O.O.O=C(O)c1ccc2c(c1)[B@-](O)([OH+][B@@-]1(O)OC(=O)c3ccc(C(=O)O)cc31)OC2=O.[Na+]. The first kappa shape index (κ1) is 27.3. The van der Waals surface area contributed by atoms with E-state index in [4.69, 9.17) is 19.5 Å². The van der Waals surface area contributed by atoms with Crippen LogP contribution >= 0.6 is 0 Å². The molecule has 0 amide bonds. The first-order valence-corrected chi connectivity index (χ1v) is 8.23. The number of rotatable bonds is 4. The third-order valence-corrected chi connectivity index (χ3v) is 4.79. The van der Waals surface area contributed by atoms with Crippen LogP contribution in [0.5, 0.6) is 0 Å². The fraction of sp³-hybridized carbons (Fsp3) is 0. The molecule has 9 N–H and O–H groups in total. The maximum atomic E-state index is 12.1. The average Bonchev–Trinajstić information content (AvgIpc) is 3.04. The van der Waals surface area contributed by atoms with E-state index in [0.29, 0.717) is 0 Å². The summed E-state index contributed by atoms with van der Waals surface area (Å²) in [6.45, 7) is -7.35. The summed E-state index contributed by atoms with van der Waals surface area (Å²) in [5.74, 6) is -4.74. The van der Waals surface area contributed by atoms with E-state index in [2.05, 4.69) is 4.57 Å². The van der Waals surface area contributed by atoms with Crippen LogP contribution in [-0.4, -0.2) is 73.2 Å². The molecule has 2 aliphatic rings. The quantitative estimate of drug-likeness (QED) is 0.248. The minimum Gasteiger partial charge on any atom is -0.814 e. The van der Waals surface area contributed by atoms with E-state index in [0.717, 1.165) is 36.4 Å². The number of hydrogen-bond acceptors (Lipinski definition) is 8. The zero-order valence-corrected chi connectivity index (χ0v) is 18.3. The average molecular weight is 460 g/mol. The molecule has 0 unspecified atom stereocenters. The number of benzene rings is 2. The summed E-state index contributed by atoms with van der Waals surface area (Å²) >= 11 is 0. The van der Waals surface area contributed by atoms with E-state index >= 15 is 0 Å². The molecule has 0 saturated carbocycles. The molecule has 0 spiro atoms. The Kier molecular flexibility index (Phi) is 7.68. The van der Waals surface area contributed by atoms with Crippen LogP contribution in [0.25, 0.3) is 0 Å². The van der Waals surface area contributed by atoms with Gasteiger partial charge < -0.3 is 45.1 Å². The van der Waals surface area contributed by atoms with E-state index in [-0.39, 0.29) is 73.7 Å². The van der Waals surface area contributed by atoms with Gasteiger partial charge in [-0.2, -0.15) is 0 Å². The summed E-state index contributed by atoms with van der Waals surface area (Å²) < 4.78 is 13.4. The van der Waals surface area contributed by atoms with E-state index < -0.39 is 37.4 Å². The van der Waals surface area contributed by atoms with Crippen molar-refractivity contribution in [2.24, 2.45) is 0 Å². The van der Waals surface area contributed by atoms with Crippen LogP contribution in [0.4, 0.5) is 0 Å². The Morgan fingerprint density at radius 3 is 1.41 bits per heavy atom. The first-order valence-electron chi connectivity index (χ1n) is 8.23. The van der Waals surface area contributed by atoms with Crippen molar-refractivity contribution in [2.45, 2.75) is 0 Å². The predicted octanol–water partition coefficient (Wildman–Crippen LogP) is -6.72. The zero-order valence-electron chi connectivity index (χ0n) is 16.3. The van der Waals surface area contributed by atoms with Crippen LogP contribution in [0, 0.1) is 0 Å². The van der Waals surface area contributed by atoms with Crippen LogP contribution in [-0.2, 0) is 9.31 Å². The van der Waals surface area contributed by atoms with Gasteiger partial charge in [-0.3, -0.25) is 9.59 Å². The summed E-state index contributed by atoms with van der Waals surface area (Å²) in [7, 11) is 0. The van der Waals surface area contributed by atoms with E-state index in [1.807, 2.05) is 0 Å². The Bertz CT molecular complexity index is 1050. The van der Waals surface area contributed by atoms with E-state index in [1.165, 1.54) is 0 Å². The van der Waals surface area contributed by atoms with Crippen molar-refractivity contribution in [2.75, 3.05) is 0 Å². The molecule has 164 valence electrons. The number of carbonyl (C=O) groups excluding carboxylic acids is 2. The van der Waals surface area contributed by atoms with Crippen molar-refractivity contribution in [1.82, 2.24) is 0 Å². The van der Waals surface area contributed by atoms with Crippen LogP contribution in [0.1, 0.15) is 41.4 Å². The Morgan fingerprint density at radius 2 is 1.09 bits per heavy atom. The second kappa shape index (κ2) is 9.01. The third-order valence-electron chi connectivity index (χ3n) is 4.79. The molecule has 2 aromatic rings. The van der Waals surface area contributed by atoms with Gasteiger partial charge in [0.1, 0.15) is 0 Å². The van der Waals surface area contributed by atoms with Crippen molar-refractivity contribution in [3.63, 3.8) is 0 Å². The summed E-state index contributed by atoms with van der Waals surface area (Å²) in [6.07, 6.45) is 0. The maximum absolute atomic E-state index is 12.1. The van der Waals surface area contributed by atoms with Gasteiger partial charge in [0.15, 0.2) is 0 Å². The standard InChI is InChI=1S/C16H11B2O11.Na.2H2O/c19-13(20)7-1-3-9-11(5-7)17(25,27-15(9)23)29-18(26)12-6-8(14(21)22)2-4-10(12)16(24)28-18;;;/h1-6,25-26,29H,(H,19,20)(H,21,22);;2*1H2/q-1;+1;;/t17-,18+;;;. The molecule has 0 aliphatic carbocycles. The number of fused-ring (bicyclic) bond motifs is 2. The van der Waals surface area contributed by atoms with Crippen LogP contribution < -0.4 is 40.5 Å². The molecular formula is C16H15B2NaO13. The largest absolute Gasteiger partial charge is 1.00 e. The molecule has 2 heterocycles. The molecule has 0 radical (unpaired) electrons. The molecule has 16 heteroatoms. The fourth-order valence-electron chi connectivity index (χ4n) is 3.43. The van der Waals surface area contributed by atoms with Gasteiger partial charge in [-0.05, 0) is 35.2 Å². The molecule has 0 aromatic heterocycles. The number of carboxylic acids is 2. The van der Waals surface area contributed by atoms with Crippen molar-refractivity contribution in [3.8, 4) is 0 Å². The second-order valence-electron chi connectivity index (χ2n) is 6.58. The van der Waals surface area contributed by atoms with Crippen molar-refractivity contribution < 1.29 is 93.8 Å². The topological polar surface area (TPSA) is 243 Å². The smallest absolute Gasteiger partial charge is 0.814 e. The third kappa shape index (κ3) is 4.15. The van der Waals surface area contributed by atoms with E-state index in [1.54, 1.807) is 0 Å². The van der Waals surface area contributed by atoms with Crippen LogP contribution in [0.3, 0.4) is 0 Å². The molecule has 2 atom stereocenters. The Balaban J connectivity index is 0.00000171. The number of hydrogen-bond donors (Lipinski definition) is 4. The van der Waals surface area contributed by atoms with Gasteiger partial charge in [-0.1, -0.05) is 12.1 Å². The number of aromatic carboxylic acids is 2. The van der Waals surface area contributed by atoms with Gasteiger partial charge in [-0.15, -0.1) is 0 Å². The summed E-state index contributed by atoms with van der Waals surface area (Å²) in [5, 5.41) is 40.0. The Hall–Kier alpha value is -2.75. The Morgan fingerprint density at radius 1 is 0.750 bits per heavy atom. The minimum atomic E-state index is -3.67. The molecule has 2 aromatic carbocycles. The van der Waals surface area contributed by atoms with Gasteiger partial charge in [0.25, 0.3) is 11.9 Å². The fourth-order valence-corrected chi connectivity index (χ4v) is 3.43. The van der Waals surface area contributed by atoms with Crippen molar-refractivity contribution in [1.29, 1.82) is 0 Å². The second-order valence-corrected chi connectivity index (χ2v) is 6.58. The Labute approximate surface area is 200 Å². The predicted molar refractivity (Wildman–Crippen MR) is 102 cm³/mol. The normalized spacial score (nSPS) is 22.2. The van der Waals surface area contributed by atoms with Crippen molar-refractivity contribution in [3.05, 3.63) is 58.7 Å². The molecule has 0 saturated heterocycles. The van der Waals surface area contributed by atoms with E-state index in [9.17, 15) is 29.2 Å². The summed E-state index contributed by atoms with van der Waals surface area (Å²) in [5.41, 5.74) is -1.55. The molecule has 2 aliphatic heterocycles. The van der Waals surface area contributed by atoms with Crippen LogP contribution in [0.15, 0.2) is 36.4 Å². The van der Waals surface area contributed by atoms with Gasteiger partial charge >= 0.3 is 55.0 Å². The van der Waals surface area contributed by atoms with Gasteiger partial charge in [-0.25, -0.2) is 9.59 Å². The monoisotopic (exact) mass is 460 g/mol. The van der Waals surface area contributed by atoms with Crippen molar-refractivity contribution >= 4 is 48.3 Å².